The number of likely N-dealkylation sites (N-methyl/N-ethyl adjacent to an activating group) is 1. The van der Waals surface area contributed by atoms with Gasteiger partial charge < -0.3 is 15.5 Å². The molecule has 2 N–H and O–H groups in total. The molecule has 0 aromatic rings. The van der Waals surface area contributed by atoms with Gasteiger partial charge in [0.15, 0.2) is 5.96 Å². The summed E-state index contributed by atoms with van der Waals surface area (Å²) < 4.78 is 0. The third kappa shape index (κ3) is 7.15. The first-order valence-electron chi connectivity index (χ1n) is 9.34. The Kier molecular flexibility index (Phi) is 10.0. The predicted molar refractivity (Wildman–Crippen MR) is 111 cm³/mol. The molecule has 1 amide bonds. The fourth-order valence-corrected chi connectivity index (χ4v) is 3.57. The zero-order valence-corrected chi connectivity index (χ0v) is 17.8. The van der Waals surface area contributed by atoms with Crippen molar-refractivity contribution in [2.24, 2.45) is 10.9 Å². The van der Waals surface area contributed by atoms with Crippen molar-refractivity contribution < 1.29 is 4.79 Å². The van der Waals surface area contributed by atoms with Gasteiger partial charge in [-0.05, 0) is 31.6 Å². The van der Waals surface area contributed by atoms with Gasteiger partial charge in [-0.1, -0.05) is 39.0 Å². The molecule has 2 fully saturated rings. The molecule has 2 unspecified atom stereocenters. The quantitative estimate of drug-likeness (QED) is 0.393. The Labute approximate surface area is 164 Å². The van der Waals surface area contributed by atoms with Crippen molar-refractivity contribution in [2.45, 2.75) is 76.8 Å². The van der Waals surface area contributed by atoms with Crippen molar-refractivity contribution in [3.8, 4) is 0 Å². The summed E-state index contributed by atoms with van der Waals surface area (Å²) in [6.45, 7) is 2.54. The zero-order valence-electron chi connectivity index (χ0n) is 15.5. The normalized spacial score (nSPS) is 25.5. The molecule has 2 saturated carbocycles. The Balaban J connectivity index is 0.00000288. The van der Waals surface area contributed by atoms with E-state index in [1.54, 1.807) is 19.0 Å². The van der Waals surface area contributed by atoms with Gasteiger partial charge in [0.1, 0.15) is 6.54 Å². The van der Waals surface area contributed by atoms with Gasteiger partial charge in [-0.3, -0.25) is 4.79 Å². The highest BCUT2D eigenvalue weighted by Gasteiger charge is 2.23. The highest BCUT2D eigenvalue weighted by molar-refractivity contribution is 14.0. The van der Waals surface area contributed by atoms with Crippen molar-refractivity contribution in [1.29, 1.82) is 0 Å². The molecule has 2 aliphatic carbocycles. The van der Waals surface area contributed by atoms with E-state index in [0.29, 0.717) is 18.0 Å². The van der Waals surface area contributed by atoms with Crippen LogP contribution in [0.1, 0.15) is 64.7 Å². The van der Waals surface area contributed by atoms with Crippen molar-refractivity contribution >= 4 is 35.8 Å². The number of amides is 1. The van der Waals surface area contributed by atoms with Crippen molar-refractivity contribution in [1.82, 2.24) is 15.5 Å². The number of carbonyl (C=O) groups is 1. The van der Waals surface area contributed by atoms with Gasteiger partial charge in [0.2, 0.25) is 5.91 Å². The standard InChI is InChI=1S/C18H34N4O.HI/c1-14-9-7-8-12-16(14)21-18(19-13-17(23)22(2)3)20-15-10-5-4-6-11-15;/h14-16H,4-13H2,1-3H3,(H2,19,20,21);1H. The Bertz CT molecular complexity index is 408. The molecule has 2 aliphatic rings. The summed E-state index contributed by atoms with van der Waals surface area (Å²) in [5, 5.41) is 7.20. The summed E-state index contributed by atoms with van der Waals surface area (Å²) in [6, 6.07) is 0.983. The number of rotatable bonds is 4. The van der Waals surface area contributed by atoms with E-state index >= 15 is 0 Å². The summed E-state index contributed by atoms with van der Waals surface area (Å²) in [5.41, 5.74) is 0. The van der Waals surface area contributed by atoms with Crippen LogP contribution in [0.25, 0.3) is 0 Å². The molecule has 0 aromatic carbocycles. The monoisotopic (exact) mass is 450 g/mol. The van der Waals surface area contributed by atoms with Crippen LogP contribution in [0.5, 0.6) is 0 Å². The van der Waals surface area contributed by atoms with Crippen LogP contribution in [-0.2, 0) is 4.79 Å². The minimum Gasteiger partial charge on any atom is -0.354 e. The molecule has 0 saturated heterocycles. The SMILES string of the molecule is CC1CCCCC1NC(=NCC(=O)N(C)C)NC1CCCCC1.I. The molecule has 0 bridgehead atoms. The average molecular weight is 450 g/mol. The first-order valence-corrected chi connectivity index (χ1v) is 9.34. The molecule has 0 aliphatic heterocycles. The van der Waals surface area contributed by atoms with Gasteiger partial charge in [-0.15, -0.1) is 24.0 Å². The van der Waals surface area contributed by atoms with Crippen LogP contribution in [0.2, 0.25) is 0 Å². The minimum atomic E-state index is 0. The van der Waals surface area contributed by atoms with E-state index in [9.17, 15) is 4.79 Å². The van der Waals surface area contributed by atoms with E-state index in [-0.39, 0.29) is 36.4 Å². The number of guanidine groups is 1. The molecule has 5 nitrogen and oxygen atoms in total. The van der Waals surface area contributed by atoms with E-state index in [0.717, 1.165) is 5.96 Å². The van der Waals surface area contributed by atoms with Crippen LogP contribution < -0.4 is 10.6 Å². The van der Waals surface area contributed by atoms with Crippen LogP contribution in [-0.4, -0.2) is 49.5 Å². The van der Waals surface area contributed by atoms with Crippen molar-refractivity contribution in [3.63, 3.8) is 0 Å². The molecular weight excluding hydrogens is 415 g/mol. The molecular formula is C18H35IN4O. The largest absolute Gasteiger partial charge is 0.354 e. The van der Waals surface area contributed by atoms with E-state index in [1.807, 2.05) is 0 Å². The van der Waals surface area contributed by atoms with Gasteiger partial charge >= 0.3 is 0 Å². The fourth-order valence-electron chi connectivity index (χ4n) is 3.57. The topological polar surface area (TPSA) is 56.7 Å². The summed E-state index contributed by atoms with van der Waals surface area (Å²) >= 11 is 0. The van der Waals surface area contributed by atoms with E-state index < -0.39 is 0 Å². The summed E-state index contributed by atoms with van der Waals surface area (Å²) in [4.78, 5) is 18.0. The Hall–Kier alpha value is -0.530. The maximum atomic E-state index is 11.9. The summed E-state index contributed by atoms with van der Waals surface area (Å²) in [5.74, 6) is 1.56. The number of carbonyl (C=O) groups excluding carboxylic acids is 1. The fraction of sp³-hybridized carbons (Fsp3) is 0.889. The molecule has 6 heteroatoms. The first kappa shape index (κ1) is 21.5. The lowest BCUT2D eigenvalue weighted by Gasteiger charge is -2.33. The highest BCUT2D eigenvalue weighted by atomic mass is 127. The van der Waals surface area contributed by atoms with Crippen LogP contribution >= 0.6 is 24.0 Å². The molecule has 0 radical (unpaired) electrons. The zero-order chi connectivity index (χ0) is 16.7. The summed E-state index contributed by atoms with van der Waals surface area (Å²) in [6.07, 6.45) is 11.5. The second-order valence-corrected chi connectivity index (χ2v) is 7.44. The summed E-state index contributed by atoms with van der Waals surface area (Å²) in [7, 11) is 3.56. The molecule has 0 spiro atoms. The van der Waals surface area contributed by atoms with E-state index in [4.69, 9.17) is 0 Å². The van der Waals surface area contributed by atoms with Crippen LogP contribution in [0.3, 0.4) is 0 Å². The second-order valence-electron chi connectivity index (χ2n) is 7.44. The molecule has 140 valence electrons. The van der Waals surface area contributed by atoms with Crippen molar-refractivity contribution in [2.75, 3.05) is 20.6 Å². The van der Waals surface area contributed by atoms with Crippen molar-refractivity contribution in [3.05, 3.63) is 0 Å². The van der Waals surface area contributed by atoms with Crippen LogP contribution in [0.15, 0.2) is 4.99 Å². The van der Waals surface area contributed by atoms with Crippen LogP contribution in [0.4, 0.5) is 0 Å². The number of aliphatic imine (C=N–C) groups is 1. The Morgan fingerprint density at radius 1 is 1.00 bits per heavy atom. The maximum Gasteiger partial charge on any atom is 0.243 e. The first-order chi connectivity index (χ1) is 11.1. The molecule has 0 aromatic heterocycles. The lowest BCUT2D eigenvalue weighted by molar-refractivity contribution is -0.127. The van der Waals surface area contributed by atoms with E-state index in [1.165, 1.54) is 57.8 Å². The van der Waals surface area contributed by atoms with Gasteiger partial charge in [0.25, 0.3) is 0 Å². The third-order valence-electron chi connectivity index (χ3n) is 5.25. The van der Waals surface area contributed by atoms with E-state index in [2.05, 4.69) is 22.5 Å². The second kappa shape index (κ2) is 11.2. The molecule has 24 heavy (non-hydrogen) atoms. The Morgan fingerprint density at radius 3 is 2.25 bits per heavy atom. The Morgan fingerprint density at radius 2 is 1.62 bits per heavy atom. The number of nitrogens with one attached hydrogen (secondary N) is 2. The number of hydrogen-bond acceptors (Lipinski definition) is 2. The van der Waals surface area contributed by atoms with Gasteiger partial charge in [0.05, 0.1) is 0 Å². The van der Waals surface area contributed by atoms with Gasteiger partial charge in [-0.2, -0.15) is 0 Å². The maximum absolute atomic E-state index is 11.9. The highest BCUT2D eigenvalue weighted by Crippen LogP contribution is 2.24. The number of hydrogen-bond donors (Lipinski definition) is 2. The molecule has 2 rings (SSSR count). The lowest BCUT2D eigenvalue weighted by atomic mass is 9.86. The van der Waals surface area contributed by atoms with Crippen LogP contribution in [0, 0.1) is 5.92 Å². The number of nitrogens with zero attached hydrogens (tertiary/aromatic N) is 2. The molecule has 2 atom stereocenters. The van der Waals surface area contributed by atoms with Gasteiger partial charge in [0, 0.05) is 26.2 Å². The smallest absolute Gasteiger partial charge is 0.243 e. The lowest BCUT2D eigenvalue weighted by Crippen LogP contribution is -2.50. The van der Waals surface area contributed by atoms with Gasteiger partial charge in [-0.25, -0.2) is 4.99 Å². The third-order valence-corrected chi connectivity index (χ3v) is 5.25. The average Bonchev–Trinajstić information content (AvgIpc) is 2.55. The predicted octanol–water partition coefficient (Wildman–Crippen LogP) is 3.14. The minimum absolute atomic E-state index is 0. The molecule has 0 heterocycles. The number of halogens is 1.